The molecule has 1 aliphatic rings. The lowest BCUT2D eigenvalue weighted by molar-refractivity contribution is 0.102. The van der Waals surface area contributed by atoms with Crippen molar-refractivity contribution in [2.24, 2.45) is 13.0 Å². The summed E-state index contributed by atoms with van der Waals surface area (Å²) in [7, 11) is 1.86. The number of rotatable bonds is 4. The monoisotopic (exact) mass is 377 g/mol. The van der Waals surface area contributed by atoms with Crippen molar-refractivity contribution in [1.82, 2.24) is 19.7 Å². The Morgan fingerprint density at radius 2 is 1.93 bits per heavy atom. The number of amides is 1. The standard InChI is InChI=1S/C22H27N5O/c1-15-8-10-27(11-9-15)14-17-4-6-19(7-5-17)24-22(28)18-12-20-16(2)25-26(3)21(20)23-13-18/h4-7,12-13,15H,8-11,14H2,1-3H3,(H,24,28). The Bertz CT molecular complexity index is 984. The zero-order chi connectivity index (χ0) is 19.7. The van der Waals surface area contributed by atoms with E-state index in [0.717, 1.165) is 34.9 Å². The maximum Gasteiger partial charge on any atom is 0.257 e. The van der Waals surface area contributed by atoms with Crippen LogP contribution in [0.4, 0.5) is 5.69 Å². The first-order valence-corrected chi connectivity index (χ1v) is 9.91. The minimum atomic E-state index is -0.157. The summed E-state index contributed by atoms with van der Waals surface area (Å²) >= 11 is 0. The van der Waals surface area contributed by atoms with Crippen molar-refractivity contribution in [1.29, 1.82) is 0 Å². The number of benzene rings is 1. The van der Waals surface area contributed by atoms with Gasteiger partial charge in [-0.25, -0.2) is 4.98 Å². The highest BCUT2D eigenvalue weighted by Crippen LogP contribution is 2.20. The topological polar surface area (TPSA) is 63.1 Å². The molecule has 1 aliphatic heterocycles. The van der Waals surface area contributed by atoms with Crippen LogP contribution in [-0.4, -0.2) is 38.7 Å². The summed E-state index contributed by atoms with van der Waals surface area (Å²) in [4.78, 5) is 19.5. The van der Waals surface area contributed by atoms with E-state index in [2.05, 4.69) is 39.4 Å². The molecule has 0 radical (unpaired) electrons. The number of fused-ring (bicyclic) bond motifs is 1. The van der Waals surface area contributed by atoms with Crippen molar-refractivity contribution < 1.29 is 4.79 Å². The highest BCUT2D eigenvalue weighted by Gasteiger charge is 2.16. The fourth-order valence-corrected chi connectivity index (χ4v) is 3.81. The van der Waals surface area contributed by atoms with E-state index in [1.165, 1.54) is 31.5 Å². The Balaban J connectivity index is 1.41. The van der Waals surface area contributed by atoms with Gasteiger partial charge in [-0.05, 0) is 62.5 Å². The van der Waals surface area contributed by atoms with Gasteiger partial charge in [0.1, 0.15) is 0 Å². The number of carbonyl (C=O) groups excluding carboxylic acids is 1. The number of aromatic nitrogens is 3. The molecule has 6 nitrogen and oxygen atoms in total. The van der Waals surface area contributed by atoms with E-state index >= 15 is 0 Å². The Morgan fingerprint density at radius 1 is 1.21 bits per heavy atom. The van der Waals surface area contributed by atoms with E-state index in [9.17, 15) is 4.79 Å². The summed E-state index contributed by atoms with van der Waals surface area (Å²) < 4.78 is 1.73. The van der Waals surface area contributed by atoms with Crippen molar-refractivity contribution in [2.75, 3.05) is 18.4 Å². The van der Waals surface area contributed by atoms with Crippen LogP contribution in [0.1, 0.15) is 41.4 Å². The Kier molecular flexibility index (Phi) is 5.13. The second-order valence-electron chi connectivity index (χ2n) is 7.91. The molecule has 1 N–H and O–H groups in total. The second kappa shape index (κ2) is 7.72. The van der Waals surface area contributed by atoms with Gasteiger partial charge in [0, 0.05) is 30.9 Å². The molecule has 0 saturated carbocycles. The number of hydrogen-bond donors (Lipinski definition) is 1. The third-order valence-electron chi connectivity index (χ3n) is 5.62. The number of aryl methyl sites for hydroxylation is 2. The van der Waals surface area contributed by atoms with E-state index < -0.39 is 0 Å². The first-order chi connectivity index (χ1) is 13.5. The smallest absolute Gasteiger partial charge is 0.257 e. The highest BCUT2D eigenvalue weighted by molar-refractivity contribution is 6.05. The number of hydrogen-bond acceptors (Lipinski definition) is 4. The predicted molar refractivity (Wildman–Crippen MR) is 111 cm³/mol. The molecule has 1 fully saturated rings. The van der Waals surface area contributed by atoms with Crippen molar-refractivity contribution in [3.8, 4) is 0 Å². The van der Waals surface area contributed by atoms with Crippen LogP contribution in [0, 0.1) is 12.8 Å². The number of nitrogens with one attached hydrogen (secondary N) is 1. The Hall–Kier alpha value is -2.73. The molecule has 6 heteroatoms. The van der Waals surface area contributed by atoms with Crippen LogP contribution in [0.5, 0.6) is 0 Å². The zero-order valence-electron chi connectivity index (χ0n) is 16.8. The van der Waals surface area contributed by atoms with Crippen molar-refractivity contribution >= 4 is 22.6 Å². The average Bonchev–Trinajstić information content (AvgIpc) is 2.98. The number of piperidine rings is 1. The molecule has 1 saturated heterocycles. The molecule has 0 unspecified atom stereocenters. The van der Waals surface area contributed by atoms with Crippen LogP contribution in [-0.2, 0) is 13.6 Å². The van der Waals surface area contributed by atoms with E-state index in [-0.39, 0.29) is 5.91 Å². The van der Waals surface area contributed by atoms with Crippen LogP contribution < -0.4 is 5.32 Å². The van der Waals surface area contributed by atoms with Gasteiger partial charge in [0.2, 0.25) is 0 Å². The molecular weight excluding hydrogens is 350 g/mol. The second-order valence-corrected chi connectivity index (χ2v) is 7.91. The molecule has 0 spiro atoms. The molecular formula is C22H27N5O. The number of nitrogens with zero attached hydrogens (tertiary/aromatic N) is 4. The van der Waals surface area contributed by atoms with Gasteiger partial charge in [0.05, 0.1) is 11.3 Å². The molecule has 0 atom stereocenters. The molecule has 0 aliphatic carbocycles. The lowest BCUT2D eigenvalue weighted by Crippen LogP contribution is -2.32. The maximum absolute atomic E-state index is 12.6. The van der Waals surface area contributed by atoms with Crippen molar-refractivity contribution in [3.63, 3.8) is 0 Å². The Labute approximate surface area is 165 Å². The van der Waals surface area contributed by atoms with Gasteiger partial charge in [-0.15, -0.1) is 0 Å². The van der Waals surface area contributed by atoms with Crippen molar-refractivity contribution in [2.45, 2.75) is 33.2 Å². The minimum Gasteiger partial charge on any atom is -0.322 e. The Morgan fingerprint density at radius 3 is 2.64 bits per heavy atom. The first kappa shape index (κ1) is 18.6. The van der Waals surface area contributed by atoms with E-state index in [0.29, 0.717) is 5.56 Å². The maximum atomic E-state index is 12.6. The fourth-order valence-electron chi connectivity index (χ4n) is 3.81. The summed E-state index contributed by atoms with van der Waals surface area (Å²) in [5.41, 5.74) is 4.27. The van der Waals surface area contributed by atoms with Gasteiger partial charge in [-0.3, -0.25) is 14.4 Å². The first-order valence-electron chi connectivity index (χ1n) is 9.91. The summed E-state index contributed by atoms with van der Waals surface area (Å²) in [6.45, 7) is 7.57. The summed E-state index contributed by atoms with van der Waals surface area (Å²) in [5, 5.41) is 8.22. The predicted octanol–water partition coefficient (Wildman–Crippen LogP) is 3.76. The summed E-state index contributed by atoms with van der Waals surface area (Å²) in [6, 6.07) is 9.99. The van der Waals surface area contributed by atoms with Crippen LogP contribution in [0.15, 0.2) is 36.5 Å². The molecule has 4 rings (SSSR count). The van der Waals surface area contributed by atoms with Gasteiger partial charge >= 0.3 is 0 Å². The fraction of sp³-hybridized carbons (Fsp3) is 0.409. The van der Waals surface area contributed by atoms with Crippen LogP contribution in [0.3, 0.4) is 0 Å². The third-order valence-corrected chi connectivity index (χ3v) is 5.62. The molecule has 3 heterocycles. The molecule has 3 aromatic rings. The van der Waals surface area contributed by atoms with Crippen LogP contribution in [0.2, 0.25) is 0 Å². The van der Waals surface area contributed by atoms with Gasteiger partial charge in [0.25, 0.3) is 5.91 Å². The summed E-state index contributed by atoms with van der Waals surface area (Å²) in [5.74, 6) is 0.688. The lowest BCUT2D eigenvalue weighted by atomic mass is 9.99. The normalized spacial score (nSPS) is 15.8. The number of carbonyl (C=O) groups is 1. The molecule has 28 heavy (non-hydrogen) atoms. The van der Waals surface area contributed by atoms with Crippen molar-refractivity contribution in [3.05, 3.63) is 53.3 Å². The van der Waals surface area contributed by atoms with E-state index in [4.69, 9.17) is 0 Å². The molecule has 1 amide bonds. The van der Waals surface area contributed by atoms with Gasteiger partial charge in [-0.1, -0.05) is 19.1 Å². The number of anilines is 1. The SMILES string of the molecule is Cc1nn(C)c2ncc(C(=O)Nc3ccc(CN4CCC(C)CC4)cc3)cc12. The quantitative estimate of drug-likeness (QED) is 0.752. The highest BCUT2D eigenvalue weighted by atomic mass is 16.1. The van der Waals surface area contributed by atoms with E-state index in [1.807, 2.05) is 32.2 Å². The number of likely N-dealkylation sites (tertiary alicyclic amines) is 1. The lowest BCUT2D eigenvalue weighted by Gasteiger charge is -2.30. The molecule has 0 bridgehead atoms. The van der Waals surface area contributed by atoms with Gasteiger partial charge < -0.3 is 5.32 Å². The van der Waals surface area contributed by atoms with Gasteiger partial charge in [0.15, 0.2) is 5.65 Å². The van der Waals surface area contributed by atoms with Crippen LogP contribution in [0.25, 0.3) is 11.0 Å². The number of pyridine rings is 1. The van der Waals surface area contributed by atoms with Gasteiger partial charge in [-0.2, -0.15) is 5.10 Å². The molecule has 2 aromatic heterocycles. The minimum absolute atomic E-state index is 0.157. The average molecular weight is 377 g/mol. The largest absolute Gasteiger partial charge is 0.322 e. The summed E-state index contributed by atoms with van der Waals surface area (Å²) in [6.07, 6.45) is 4.16. The molecule has 1 aromatic carbocycles. The van der Waals surface area contributed by atoms with Crippen LogP contribution >= 0.6 is 0 Å². The van der Waals surface area contributed by atoms with E-state index in [1.54, 1.807) is 10.9 Å². The zero-order valence-corrected chi connectivity index (χ0v) is 16.8. The third kappa shape index (κ3) is 3.92. The molecule has 146 valence electrons.